The number of anilines is 3. The molecule has 7 heteroatoms. The van der Waals surface area contributed by atoms with Crippen molar-refractivity contribution >= 4 is 34.7 Å². The van der Waals surface area contributed by atoms with E-state index in [9.17, 15) is 4.79 Å². The van der Waals surface area contributed by atoms with Crippen LogP contribution in [0.4, 0.5) is 17.2 Å². The molecule has 1 amide bonds. The minimum Gasteiger partial charge on any atom is -0.344 e. The van der Waals surface area contributed by atoms with Gasteiger partial charge in [0.2, 0.25) is 11.1 Å². The van der Waals surface area contributed by atoms with Crippen molar-refractivity contribution in [1.29, 1.82) is 0 Å². The number of amides is 1. The number of benzene rings is 1. The third-order valence-corrected chi connectivity index (χ3v) is 3.93. The van der Waals surface area contributed by atoms with Crippen molar-refractivity contribution in [2.45, 2.75) is 19.8 Å². The highest BCUT2D eigenvalue weighted by atomic mass is 35.5. The van der Waals surface area contributed by atoms with Crippen molar-refractivity contribution < 1.29 is 9.32 Å². The summed E-state index contributed by atoms with van der Waals surface area (Å²) in [4.78, 5) is 16.4. The van der Waals surface area contributed by atoms with Crippen LogP contribution in [0.3, 0.4) is 0 Å². The molecule has 0 bridgehead atoms. The van der Waals surface area contributed by atoms with Crippen molar-refractivity contribution in [2.75, 3.05) is 10.6 Å². The summed E-state index contributed by atoms with van der Waals surface area (Å²) in [6.45, 7) is 1.80. The van der Waals surface area contributed by atoms with Gasteiger partial charge in [-0.05, 0) is 49.2 Å². The molecule has 2 aromatic heterocycles. The number of rotatable bonds is 6. The van der Waals surface area contributed by atoms with E-state index < -0.39 is 0 Å². The first-order valence-corrected chi connectivity index (χ1v) is 8.18. The van der Waals surface area contributed by atoms with Crippen LogP contribution in [0.1, 0.15) is 17.7 Å². The molecule has 0 aliphatic rings. The van der Waals surface area contributed by atoms with Crippen LogP contribution in [0.15, 0.2) is 53.2 Å². The zero-order valence-corrected chi connectivity index (χ0v) is 14.4. The highest BCUT2D eigenvalue weighted by Gasteiger charge is 2.12. The Morgan fingerprint density at radius 2 is 1.96 bits per heavy atom. The molecule has 6 nitrogen and oxygen atoms in total. The molecule has 3 rings (SSSR count). The first kappa shape index (κ1) is 17.0. The Balaban J connectivity index is 1.53. The second kappa shape index (κ2) is 7.81. The summed E-state index contributed by atoms with van der Waals surface area (Å²) >= 11 is 5.89. The summed E-state index contributed by atoms with van der Waals surface area (Å²) in [5.41, 5.74) is 3.05. The van der Waals surface area contributed by atoms with E-state index in [1.54, 1.807) is 19.2 Å². The van der Waals surface area contributed by atoms with Gasteiger partial charge in [0.15, 0.2) is 0 Å². The second-order valence-corrected chi connectivity index (χ2v) is 5.83. The van der Waals surface area contributed by atoms with Gasteiger partial charge in [-0.1, -0.05) is 23.4 Å². The van der Waals surface area contributed by atoms with E-state index >= 15 is 0 Å². The van der Waals surface area contributed by atoms with Gasteiger partial charge in [-0.2, -0.15) is 0 Å². The molecule has 1 aromatic carbocycles. The molecule has 0 saturated carbocycles. The smallest absolute Gasteiger partial charge is 0.229 e. The van der Waals surface area contributed by atoms with Crippen LogP contribution >= 0.6 is 11.6 Å². The Morgan fingerprint density at radius 3 is 2.60 bits per heavy atom. The predicted molar refractivity (Wildman–Crippen MR) is 97.2 cm³/mol. The van der Waals surface area contributed by atoms with Crippen LogP contribution in [0.5, 0.6) is 0 Å². The van der Waals surface area contributed by atoms with E-state index in [2.05, 4.69) is 20.8 Å². The van der Waals surface area contributed by atoms with Gasteiger partial charge < -0.3 is 15.2 Å². The van der Waals surface area contributed by atoms with Crippen molar-refractivity contribution in [3.63, 3.8) is 0 Å². The molecule has 0 spiro atoms. The Morgan fingerprint density at radius 1 is 1.16 bits per heavy atom. The number of aryl methyl sites for hydroxylation is 1. The zero-order valence-electron chi connectivity index (χ0n) is 13.6. The Labute approximate surface area is 150 Å². The lowest BCUT2D eigenvalue weighted by Crippen LogP contribution is -2.12. The molecular formula is C18H17ClN4O2. The average Bonchev–Trinajstić information content (AvgIpc) is 2.94. The minimum atomic E-state index is -0.123. The first-order chi connectivity index (χ1) is 12.1. The van der Waals surface area contributed by atoms with Crippen LogP contribution in [-0.2, 0) is 11.2 Å². The van der Waals surface area contributed by atoms with Crippen molar-refractivity contribution in [3.8, 4) is 0 Å². The zero-order chi connectivity index (χ0) is 17.6. The fourth-order valence-electron chi connectivity index (χ4n) is 2.31. The molecule has 0 aliphatic heterocycles. The van der Waals surface area contributed by atoms with Crippen LogP contribution < -0.4 is 10.6 Å². The molecule has 0 aliphatic carbocycles. The Bertz CT molecular complexity index is 828. The molecule has 0 unspecified atom stereocenters. The van der Waals surface area contributed by atoms with Crippen molar-refractivity contribution in [3.05, 3.63) is 65.1 Å². The minimum absolute atomic E-state index is 0.123. The lowest BCUT2D eigenvalue weighted by molar-refractivity contribution is -0.116. The van der Waals surface area contributed by atoms with Gasteiger partial charge in [-0.15, -0.1) is 0 Å². The van der Waals surface area contributed by atoms with Gasteiger partial charge in [0.1, 0.15) is 5.82 Å². The molecule has 2 N–H and O–H groups in total. The Hall–Kier alpha value is -2.86. The van der Waals surface area contributed by atoms with E-state index in [1.807, 2.05) is 36.4 Å². The third-order valence-electron chi connectivity index (χ3n) is 3.63. The summed E-state index contributed by atoms with van der Waals surface area (Å²) in [7, 11) is 0. The van der Waals surface area contributed by atoms with Crippen LogP contribution in [-0.4, -0.2) is 16.0 Å². The lowest BCUT2D eigenvalue weighted by Gasteiger charge is -2.08. The lowest BCUT2D eigenvalue weighted by atomic mass is 10.1. The molecule has 0 fully saturated rings. The summed E-state index contributed by atoms with van der Waals surface area (Å²) < 4.78 is 4.87. The van der Waals surface area contributed by atoms with Gasteiger partial charge in [0.05, 0.1) is 17.6 Å². The van der Waals surface area contributed by atoms with Gasteiger partial charge in [0, 0.05) is 17.7 Å². The number of nitrogens with zero attached hydrogens (tertiary/aromatic N) is 2. The fraction of sp³-hybridized carbons (Fsp3) is 0.167. The second-order valence-electron chi connectivity index (χ2n) is 5.49. The first-order valence-electron chi connectivity index (χ1n) is 7.80. The number of aromatic nitrogens is 2. The molecule has 0 radical (unpaired) electrons. The van der Waals surface area contributed by atoms with Gasteiger partial charge >= 0.3 is 0 Å². The number of hydrogen-bond acceptors (Lipinski definition) is 5. The van der Waals surface area contributed by atoms with E-state index in [0.29, 0.717) is 23.6 Å². The van der Waals surface area contributed by atoms with Gasteiger partial charge in [-0.25, -0.2) is 4.98 Å². The maximum Gasteiger partial charge on any atom is 0.229 e. The molecule has 3 aromatic rings. The molecule has 0 saturated heterocycles. The highest BCUT2D eigenvalue weighted by Crippen LogP contribution is 2.21. The quantitative estimate of drug-likeness (QED) is 0.686. The number of carbonyl (C=O) groups excluding carboxylic acids is 1. The maximum atomic E-state index is 12.1. The third kappa shape index (κ3) is 4.58. The SMILES string of the molecule is Cc1noc(Cl)c1CCC(=O)Nc1ccc(Nc2ccccc2)nc1. The number of hydrogen-bond donors (Lipinski definition) is 2. The van der Waals surface area contributed by atoms with Crippen molar-refractivity contribution in [1.82, 2.24) is 10.1 Å². The summed E-state index contributed by atoms with van der Waals surface area (Å²) in [6, 6.07) is 13.4. The molecule has 128 valence electrons. The van der Waals surface area contributed by atoms with Crippen molar-refractivity contribution in [2.24, 2.45) is 0 Å². The maximum absolute atomic E-state index is 12.1. The predicted octanol–water partition coefficient (Wildman–Crippen LogP) is 4.35. The average molecular weight is 357 g/mol. The standard InChI is InChI=1S/C18H17ClN4O2/c1-12-15(18(19)25-23-12)8-10-17(24)22-14-7-9-16(20-11-14)21-13-5-3-2-4-6-13/h2-7,9,11H,8,10H2,1H3,(H,20,21)(H,22,24). The van der Waals surface area contributed by atoms with E-state index in [1.165, 1.54) is 0 Å². The number of carbonyl (C=O) groups is 1. The van der Waals surface area contributed by atoms with E-state index in [0.717, 1.165) is 11.3 Å². The number of nitrogens with one attached hydrogen (secondary N) is 2. The van der Waals surface area contributed by atoms with Gasteiger partial charge in [-0.3, -0.25) is 4.79 Å². The topological polar surface area (TPSA) is 80.0 Å². The molecule has 2 heterocycles. The number of para-hydroxylation sites is 1. The van der Waals surface area contributed by atoms with Crippen LogP contribution in [0.2, 0.25) is 5.22 Å². The summed E-state index contributed by atoms with van der Waals surface area (Å²) in [5.74, 6) is 0.582. The molecule has 25 heavy (non-hydrogen) atoms. The summed E-state index contributed by atoms with van der Waals surface area (Å²) in [6.07, 6.45) is 2.37. The highest BCUT2D eigenvalue weighted by molar-refractivity contribution is 6.29. The number of pyridine rings is 1. The van der Waals surface area contributed by atoms with Gasteiger partial charge in [0.25, 0.3) is 0 Å². The van der Waals surface area contributed by atoms with Crippen LogP contribution in [0.25, 0.3) is 0 Å². The van der Waals surface area contributed by atoms with E-state index in [-0.39, 0.29) is 17.5 Å². The molecule has 0 atom stereocenters. The fourth-order valence-corrected chi connectivity index (χ4v) is 2.58. The Kier molecular flexibility index (Phi) is 5.30. The van der Waals surface area contributed by atoms with Crippen LogP contribution in [0, 0.1) is 6.92 Å². The number of halogens is 1. The molecular weight excluding hydrogens is 340 g/mol. The largest absolute Gasteiger partial charge is 0.344 e. The summed E-state index contributed by atoms with van der Waals surface area (Å²) in [5, 5.41) is 10.0. The van der Waals surface area contributed by atoms with E-state index in [4.69, 9.17) is 16.1 Å². The monoisotopic (exact) mass is 356 g/mol. The normalized spacial score (nSPS) is 10.5.